The van der Waals surface area contributed by atoms with Gasteiger partial charge in [-0.3, -0.25) is 9.88 Å². The van der Waals surface area contributed by atoms with Crippen LogP contribution in [0.2, 0.25) is 0 Å². The lowest BCUT2D eigenvalue weighted by Gasteiger charge is -2.26. The normalized spacial score (nSPS) is 14.7. The molecule has 7 nitrogen and oxygen atoms in total. The van der Waals surface area contributed by atoms with E-state index in [2.05, 4.69) is 32.2 Å². The smallest absolute Gasteiger partial charge is 0.232 e. The molecule has 0 atom stereocenters. The zero-order valence-corrected chi connectivity index (χ0v) is 15.7. The Morgan fingerprint density at radius 1 is 1.11 bits per heavy atom. The van der Waals surface area contributed by atoms with E-state index in [0.717, 1.165) is 44.1 Å². The lowest BCUT2D eigenvalue weighted by atomic mass is 10.1. The van der Waals surface area contributed by atoms with Crippen molar-refractivity contribution in [1.29, 1.82) is 0 Å². The van der Waals surface area contributed by atoms with E-state index >= 15 is 0 Å². The van der Waals surface area contributed by atoms with Crippen molar-refractivity contribution in [2.45, 2.75) is 13.0 Å². The Kier molecular flexibility index (Phi) is 6.39. The van der Waals surface area contributed by atoms with Gasteiger partial charge >= 0.3 is 0 Å². The maximum absolute atomic E-state index is 5.66. The van der Waals surface area contributed by atoms with Crippen LogP contribution in [0.1, 0.15) is 17.1 Å². The fourth-order valence-corrected chi connectivity index (χ4v) is 2.97. The molecule has 4 rings (SSSR count). The van der Waals surface area contributed by atoms with Gasteiger partial charge in [-0.05, 0) is 23.8 Å². The fourth-order valence-electron chi connectivity index (χ4n) is 2.97. The maximum Gasteiger partial charge on any atom is 0.232 e. The predicted octanol–water partition coefficient (Wildman–Crippen LogP) is 2.56. The van der Waals surface area contributed by atoms with Crippen molar-refractivity contribution in [2.24, 2.45) is 0 Å². The molecule has 3 heterocycles. The number of hydrogen-bond acceptors (Lipinski definition) is 7. The summed E-state index contributed by atoms with van der Waals surface area (Å²) in [6, 6.07) is 11.9. The molecule has 142 valence electrons. The third-order valence-electron chi connectivity index (χ3n) is 4.34. The third kappa shape index (κ3) is 5.03. The lowest BCUT2D eigenvalue weighted by Crippen LogP contribution is -2.35. The van der Waals surface area contributed by atoms with Gasteiger partial charge in [-0.2, -0.15) is 4.98 Å². The van der Waals surface area contributed by atoms with E-state index in [0.29, 0.717) is 23.8 Å². The molecule has 3 aromatic rings. The number of ether oxygens (including phenoxy) is 1. The SMILES string of the molecule is Cl.Nc1ccc(Cc2nc(-c3cccc(CN4CCOCC4)c3)no2)nc1. The van der Waals surface area contributed by atoms with Crippen molar-refractivity contribution in [1.82, 2.24) is 20.0 Å². The molecule has 0 saturated carbocycles. The number of nitrogens with zero attached hydrogens (tertiary/aromatic N) is 4. The van der Waals surface area contributed by atoms with Crippen LogP contribution in [-0.4, -0.2) is 46.3 Å². The van der Waals surface area contributed by atoms with E-state index in [4.69, 9.17) is 15.0 Å². The molecular formula is C19H22ClN5O2. The number of halogens is 1. The summed E-state index contributed by atoms with van der Waals surface area (Å²) in [6.07, 6.45) is 2.11. The van der Waals surface area contributed by atoms with Crippen LogP contribution in [-0.2, 0) is 17.7 Å². The first-order chi connectivity index (χ1) is 12.8. The molecule has 1 aliphatic heterocycles. The van der Waals surface area contributed by atoms with Crippen LogP contribution in [0.25, 0.3) is 11.4 Å². The second-order valence-electron chi connectivity index (χ2n) is 6.36. The zero-order chi connectivity index (χ0) is 17.8. The summed E-state index contributed by atoms with van der Waals surface area (Å²) in [5.74, 6) is 1.13. The van der Waals surface area contributed by atoms with Crippen molar-refractivity contribution in [3.63, 3.8) is 0 Å². The van der Waals surface area contributed by atoms with Crippen LogP contribution in [0, 0.1) is 0 Å². The average Bonchev–Trinajstić information content (AvgIpc) is 3.13. The van der Waals surface area contributed by atoms with Crippen LogP contribution in [0.4, 0.5) is 5.69 Å². The van der Waals surface area contributed by atoms with Crippen LogP contribution >= 0.6 is 12.4 Å². The molecule has 27 heavy (non-hydrogen) atoms. The minimum absolute atomic E-state index is 0. The van der Waals surface area contributed by atoms with Gasteiger partial charge in [0.15, 0.2) is 0 Å². The minimum Gasteiger partial charge on any atom is -0.397 e. The number of anilines is 1. The first-order valence-corrected chi connectivity index (χ1v) is 8.69. The van der Waals surface area contributed by atoms with E-state index in [1.54, 1.807) is 6.20 Å². The Bertz CT molecular complexity index is 863. The van der Waals surface area contributed by atoms with Gasteiger partial charge in [0, 0.05) is 30.9 Å². The highest BCUT2D eigenvalue weighted by atomic mass is 35.5. The van der Waals surface area contributed by atoms with Crippen molar-refractivity contribution in [2.75, 3.05) is 32.0 Å². The molecule has 8 heteroatoms. The maximum atomic E-state index is 5.66. The van der Waals surface area contributed by atoms with Gasteiger partial charge in [-0.15, -0.1) is 12.4 Å². The van der Waals surface area contributed by atoms with Gasteiger partial charge < -0.3 is 15.0 Å². The molecule has 0 amide bonds. The third-order valence-corrected chi connectivity index (χ3v) is 4.34. The molecule has 0 bridgehead atoms. The molecular weight excluding hydrogens is 366 g/mol. The zero-order valence-electron chi connectivity index (χ0n) is 14.9. The number of rotatable bonds is 5. The highest BCUT2D eigenvalue weighted by Crippen LogP contribution is 2.19. The van der Waals surface area contributed by atoms with E-state index in [1.165, 1.54) is 5.56 Å². The quantitative estimate of drug-likeness (QED) is 0.719. The van der Waals surface area contributed by atoms with Gasteiger partial charge in [0.1, 0.15) is 0 Å². The second-order valence-corrected chi connectivity index (χ2v) is 6.36. The van der Waals surface area contributed by atoms with E-state index in [1.807, 2.05) is 24.3 Å². The van der Waals surface area contributed by atoms with Crippen molar-refractivity contribution in [3.05, 3.63) is 59.7 Å². The number of nitrogen functional groups attached to an aromatic ring is 1. The van der Waals surface area contributed by atoms with Crippen LogP contribution in [0.3, 0.4) is 0 Å². The summed E-state index contributed by atoms with van der Waals surface area (Å²) in [4.78, 5) is 11.2. The Balaban J connectivity index is 0.00000210. The van der Waals surface area contributed by atoms with Gasteiger partial charge in [-0.1, -0.05) is 23.4 Å². The van der Waals surface area contributed by atoms with Crippen LogP contribution < -0.4 is 5.73 Å². The summed E-state index contributed by atoms with van der Waals surface area (Å²) in [7, 11) is 0. The molecule has 2 aromatic heterocycles. The molecule has 1 aromatic carbocycles. The van der Waals surface area contributed by atoms with Crippen LogP contribution in [0.15, 0.2) is 47.1 Å². The average molecular weight is 388 g/mol. The molecule has 2 N–H and O–H groups in total. The van der Waals surface area contributed by atoms with Crippen molar-refractivity contribution < 1.29 is 9.26 Å². The second kappa shape index (κ2) is 8.94. The number of nitrogens with two attached hydrogens (primary N) is 1. The number of hydrogen-bond donors (Lipinski definition) is 1. The summed E-state index contributed by atoms with van der Waals surface area (Å²) < 4.78 is 10.8. The number of pyridine rings is 1. The van der Waals surface area contributed by atoms with Crippen molar-refractivity contribution in [3.8, 4) is 11.4 Å². The molecule has 0 spiro atoms. The molecule has 0 unspecified atom stereocenters. The van der Waals surface area contributed by atoms with Crippen molar-refractivity contribution >= 4 is 18.1 Å². The molecule has 0 aliphatic carbocycles. The van der Waals surface area contributed by atoms with Gasteiger partial charge in [0.2, 0.25) is 11.7 Å². The fraction of sp³-hybridized carbons (Fsp3) is 0.316. The number of aromatic nitrogens is 3. The predicted molar refractivity (Wildman–Crippen MR) is 105 cm³/mol. The summed E-state index contributed by atoms with van der Waals surface area (Å²) in [5, 5.41) is 4.12. The standard InChI is InChI=1S/C19H21N5O2.ClH/c20-16-4-5-17(21-12-16)11-18-22-19(23-26-18)15-3-1-2-14(10-15)13-24-6-8-25-9-7-24;/h1-5,10,12H,6-9,11,13,20H2;1H. The Morgan fingerprint density at radius 3 is 2.74 bits per heavy atom. The number of benzene rings is 1. The summed E-state index contributed by atoms with van der Waals surface area (Å²) in [6.45, 7) is 4.42. The van der Waals surface area contributed by atoms with Gasteiger partial charge in [0.25, 0.3) is 0 Å². The topological polar surface area (TPSA) is 90.3 Å². The number of morpholine rings is 1. The van der Waals surface area contributed by atoms with E-state index in [9.17, 15) is 0 Å². The molecule has 1 aliphatic rings. The Morgan fingerprint density at radius 2 is 1.96 bits per heavy atom. The lowest BCUT2D eigenvalue weighted by molar-refractivity contribution is 0.0342. The van der Waals surface area contributed by atoms with E-state index in [-0.39, 0.29) is 12.4 Å². The van der Waals surface area contributed by atoms with Gasteiger partial charge in [-0.25, -0.2) is 0 Å². The van der Waals surface area contributed by atoms with E-state index < -0.39 is 0 Å². The van der Waals surface area contributed by atoms with Crippen LogP contribution in [0.5, 0.6) is 0 Å². The van der Waals surface area contributed by atoms with Gasteiger partial charge in [0.05, 0.1) is 31.5 Å². The summed E-state index contributed by atoms with van der Waals surface area (Å²) >= 11 is 0. The first kappa shape index (κ1) is 19.3. The Labute approximate surface area is 164 Å². The molecule has 1 fully saturated rings. The molecule has 1 saturated heterocycles. The minimum atomic E-state index is 0. The highest BCUT2D eigenvalue weighted by molar-refractivity contribution is 5.85. The highest BCUT2D eigenvalue weighted by Gasteiger charge is 2.13. The largest absolute Gasteiger partial charge is 0.397 e. The summed E-state index contributed by atoms with van der Waals surface area (Å²) in [5.41, 5.74) is 9.32. The monoisotopic (exact) mass is 387 g/mol. The molecule has 0 radical (unpaired) electrons. The Hall–Kier alpha value is -2.48. The first-order valence-electron chi connectivity index (χ1n) is 8.69.